The van der Waals surface area contributed by atoms with Gasteiger partial charge in [0.1, 0.15) is 17.9 Å². The van der Waals surface area contributed by atoms with Gasteiger partial charge in [0.15, 0.2) is 16.6 Å². The summed E-state index contributed by atoms with van der Waals surface area (Å²) >= 11 is 7.52. The fourth-order valence-electron chi connectivity index (χ4n) is 3.94. The van der Waals surface area contributed by atoms with E-state index in [0.29, 0.717) is 5.01 Å². The molecule has 0 saturated carbocycles. The van der Waals surface area contributed by atoms with Crippen LogP contribution in [-0.2, 0) is 14.3 Å². The summed E-state index contributed by atoms with van der Waals surface area (Å²) in [4.78, 5) is 33.8. The van der Waals surface area contributed by atoms with Gasteiger partial charge < -0.3 is 19.9 Å². The number of carbonyl (C=O) groups excluding carboxylic acids is 1. The molecule has 0 aliphatic carbocycles. The Bertz CT molecular complexity index is 1220. The Morgan fingerprint density at radius 3 is 2.81 bits per heavy atom. The fraction of sp³-hybridized carbons (Fsp3) is 0.364. The number of aliphatic imine (C=N–C) groups is 1. The lowest BCUT2D eigenvalue weighted by molar-refractivity contribution is -0.142. The summed E-state index contributed by atoms with van der Waals surface area (Å²) in [6.45, 7) is 0.366. The van der Waals surface area contributed by atoms with E-state index in [1.807, 2.05) is 0 Å². The summed E-state index contributed by atoms with van der Waals surface area (Å²) < 4.78 is 52.4. The van der Waals surface area contributed by atoms with E-state index in [9.17, 15) is 27.9 Å². The molecule has 9 nitrogen and oxygen atoms in total. The van der Waals surface area contributed by atoms with Crippen molar-refractivity contribution in [3.63, 3.8) is 0 Å². The van der Waals surface area contributed by atoms with Crippen molar-refractivity contribution in [1.82, 2.24) is 15.2 Å². The molecule has 1 fully saturated rings. The lowest BCUT2D eigenvalue weighted by Crippen LogP contribution is -2.43. The number of carboxylic acids is 1. The number of hydrogen-bond acceptors (Lipinski definition) is 9. The van der Waals surface area contributed by atoms with Crippen molar-refractivity contribution in [2.75, 3.05) is 19.7 Å². The molecule has 3 heterocycles. The molecule has 2 atom stereocenters. The first-order valence-corrected chi connectivity index (χ1v) is 12.0. The normalized spacial score (nSPS) is 21.6. The second-order valence-corrected chi connectivity index (χ2v) is 9.26. The molecule has 14 heteroatoms. The molecule has 1 aromatic carbocycles. The number of alkyl halides is 2. The predicted molar refractivity (Wildman–Crippen MR) is 124 cm³/mol. The van der Waals surface area contributed by atoms with E-state index in [0.717, 1.165) is 17.0 Å². The van der Waals surface area contributed by atoms with Gasteiger partial charge in [0.05, 0.1) is 18.8 Å². The van der Waals surface area contributed by atoms with Gasteiger partial charge in [-0.3, -0.25) is 9.69 Å². The second kappa shape index (κ2) is 10.4. The van der Waals surface area contributed by atoms with E-state index in [1.54, 1.807) is 12.3 Å². The van der Waals surface area contributed by atoms with Gasteiger partial charge in [0, 0.05) is 35.1 Å². The van der Waals surface area contributed by atoms with Crippen molar-refractivity contribution < 1.29 is 37.3 Å². The van der Waals surface area contributed by atoms with Crippen molar-refractivity contribution in [3.05, 3.63) is 62.6 Å². The Kier molecular flexibility index (Phi) is 7.52. The monoisotopic (exact) mass is 544 g/mol. The first-order valence-electron chi connectivity index (χ1n) is 10.7. The Hall–Kier alpha value is -3.16. The highest BCUT2D eigenvalue weighted by molar-refractivity contribution is 7.11. The lowest BCUT2D eigenvalue weighted by atomic mass is 10.0. The minimum Gasteiger partial charge on any atom is -0.480 e. The summed E-state index contributed by atoms with van der Waals surface area (Å²) in [6.07, 6.45) is -0.436. The van der Waals surface area contributed by atoms with Crippen LogP contribution >= 0.6 is 22.9 Å². The quantitative estimate of drug-likeness (QED) is 0.499. The van der Waals surface area contributed by atoms with E-state index < -0.39 is 48.9 Å². The zero-order chi connectivity index (χ0) is 26.0. The summed E-state index contributed by atoms with van der Waals surface area (Å²) in [7, 11) is 0. The van der Waals surface area contributed by atoms with Crippen LogP contribution in [0.25, 0.3) is 0 Å². The topological polar surface area (TPSA) is 113 Å². The molecule has 2 aliphatic rings. The predicted octanol–water partition coefficient (Wildman–Crippen LogP) is 4.21. The molecule has 0 spiro atoms. The molecular formula is C22H20ClF3N4O5S. The molecule has 0 radical (unpaired) electrons. The Balaban J connectivity index is 1.82. The standard InChI is InChI=1S/C22H20ClF3N4O5S/c1-2-34-21(33)35-17-14(9-30-10-22(25,26)8-15(30)20(31)32)28-18(19-27-5-6-36-19)29-16(17)12-4-3-11(24)7-13(12)23/h3-7,15-16H,2,8-10H2,1H3,(H,28,29)(H,31,32)/t15-,16?/m0/s1. The van der Waals surface area contributed by atoms with E-state index in [-0.39, 0.29) is 41.0 Å². The number of likely N-dealkylation sites (tertiary alicyclic amines) is 1. The Labute approximate surface area is 212 Å². The highest BCUT2D eigenvalue weighted by Gasteiger charge is 2.49. The molecule has 1 unspecified atom stereocenters. The zero-order valence-corrected chi connectivity index (χ0v) is 20.3. The van der Waals surface area contributed by atoms with Crippen LogP contribution in [0, 0.1) is 5.82 Å². The number of thiazole rings is 1. The highest BCUT2D eigenvalue weighted by atomic mass is 35.5. The third-order valence-electron chi connectivity index (χ3n) is 5.43. The third kappa shape index (κ3) is 5.63. The van der Waals surface area contributed by atoms with E-state index in [4.69, 9.17) is 21.1 Å². The van der Waals surface area contributed by atoms with Gasteiger partial charge in [-0.05, 0) is 19.1 Å². The molecule has 2 aromatic rings. The minimum atomic E-state index is -3.23. The number of aliphatic carboxylic acids is 1. The van der Waals surface area contributed by atoms with E-state index in [2.05, 4.69) is 15.3 Å². The number of nitrogens with one attached hydrogen (secondary N) is 1. The first kappa shape index (κ1) is 25.9. The molecule has 1 saturated heterocycles. The maximum Gasteiger partial charge on any atom is 0.513 e. The zero-order valence-electron chi connectivity index (χ0n) is 18.7. The van der Waals surface area contributed by atoms with Crippen molar-refractivity contribution in [1.29, 1.82) is 0 Å². The lowest BCUT2D eigenvalue weighted by Gasteiger charge is -2.30. The number of hydrogen-bond donors (Lipinski definition) is 2. The summed E-state index contributed by atoms with van der Waals surface area (Å²) in [6, 6.07) is 0.954. The van der Waals surface area contributed by atoms with Gasteiger partial charge >= 0.3 is 12.1 Å². The smallest absolute Gasteiger partial charge is 0.480 e. The van der Waals surface area contributed by atoms with Gasteiger partial charge in [-0.1, -0.05) is 17.7 Å². The number of rotatable bonds is 7. The van der Waals surface area contributed by atoms with Gasteiger partial charge in [0.2, 0.25) is 0 Å². The van der Waals surface area contributed by atoms with Crippen LogP contribution in [0.5, 0.6) is 0 Å². The van der Waals surface area contributed by atoms with Gasteiger partial charge in [0.25, 0.3) is 5.92 Å². The maximum absolute atomic E-state index is 14.2. The molecular weight excluding hydrogens is 525 g/mol. The molecule has 0 amide bonds. The second-order valence-electron chi connectivity index (χ2n) is 7.96. The van der Waals surface area contributed by atoms with Gasteiger partial charge in [-0.2, -0.15) is 0 Å². The summed E-state index contributed by atoms with van der Waals surface area (Å²) in [5, 5.41) is 14.6. The van der Waals surface area contributed by atoms with Gasteiger partial charge in [-0.25, -0.2) is 27.9 Å². The molecule has 2 N–H and O–H groups in total. The fourth-order valence-corrected chi connectivity index (χ4v) is 4.80. The van der Waals surface area contributed by atoms with Crippen molar-refractivity contribution in [2.45, 2.75) is 31.4 Å². The molecule has 192 valence electrons. The van der Waals surface area contributed by atoms with Crippen LogP contribution in [-0.4, -0.2) is 64.6 Å². The summed E-state index contributed by atoms with van der Waals surface area (Å²) in [5.74, 6) is -5.20. The number of carboxylic acid groups (broad SMARTS) is 1. The van der Waals surface area contributed by atoms with E-state index >= 15 is 0 Å². The van der Waals surface area contributed by atoms with Crippen molar-refractivity contribution in [3.8, 4) is 0 Å². The van der Waals surface area contributed by atoms with Crippen molar-refractivity contribution in [2.24, 2.45) is 4.99 Å². The summed E-state index contributed by atoms with van der Waals surface area (Å²) in [5.41, 5.74) is 0.338. The van der Waals surface area contributed by atoms with Crippen LogP contribution in [0.1, 0.15) is 30.0 Å². The first-order chi connectivity index (χ1) is 17.1. The average Bonchev–Trinajstić information content (AvgIpc) is 3.43. The number of nitrogens with zero attached hydrogens (tertiary/aromatic N) is 3. The molecule has 4 rings (SSSR count). The van der Waals surface area contributed by atoms with Crippen LogP contribution < -0.4 is 5.32 Å². The van der Waals surface area contributed by atoms with E-state index in [1.165, 1.54) is 23.6 Å². The minimum absolute atomic E-state index is 0.0100. The number of halogens is 4. The molecule has 1 aromatic heterocycles. The molecule has 36 heavy (non-hydrogen) atoms. The van der Waals surface area contributed by atoms with Crippen LogP contribution in [0.3, 0.4) is 0 Å². The van der Waals surface area contributed by atoms with Gasteiger partial charge in [-0.15, -0.1) is 11.3 Å². The average molecular weight is 545 g/mol. The number of carbonyl (C=O) groups is 2. The Morgan fingerprint density at radius 1 is 1.39 bits per heavy atom. The van der Waals surface area contributed by atoms with Crippen LogP contribution in [0.2, 0.25) is 5.02 Å². The van der Waals surface area contributed by atoms with Crippen LogP contribution in [0.15, 0.2) is 46.2 Å². The molecule has 2 aliphatic heterocycles. The number of ether oxygens (including phenoxy) is 2. The SMILES string of the molecule is CCOC(=O)OC1=C(CN2CC(F)(F)C[C@H]2C(=O)O)NC(c2nccs2)=NC1c1ccc(F)cc1Cl. The number of benzene rings is 1. The third-order valence-corrected chi connectivity index (χ3v) is 6.54. The Morgan fingerprint density at radius 2 is 2.17 bits per heavy atom. The molecule has 0 bridgehead atoms. The largest absolute Gasteiger partial charge is 0.513 e. The number of amidine groups is 1. The number of aromatic nitrogens is 1. The maximum atomic E-state index is 14.2. The van der Waals surface area contributed by atoms with Crippen LogP contribution in [0.4, 0.5) is 18.0 Å². The van der Waals surface area contributed by atoms with Crippen molar-refractivity contribution >= 4 is 40.9 Å². The highest BCUT2D eigenvalue weighted by Crippen LogP contribution is 2.38.